The van der Waals surface area contributed by atoms with Crippen molar-refractivity contribution in [2.24, 2.45) is 10.9 Å². The van der Waals surface area contributed by atoms with Gasteiger partial charge in [-0.05, 0) is 86.0 Å². The summed E-state index contributed by atoms with van der Waals surface area (Å²) in [7, 11) is 0. The van der Waals surface area contributed by atoms with Gasteiger partial charge in [-0.25, -0.2) is 4.99 Å². The highest BCUT2D eigenvalue weighted by molar-refractivity contribution is 7.78. The Morgan fingerprint density at radius 2 is 1.92 bits per heavy atom. The molecule has 2 N–H and O–H groups in total. The van der Waals surface area contributed by atoms with Crippen LogP contribution in [0.2, 0.25) is 0 Å². The third-order valence-electron chi connectivity index (χ3n) is 9.52. The molecule has 6 nitrogen and oxygen atoms in total. The second-order valence-corrected chi connectivity index (χ2v) is 11.6. The van der Waals surface area contributed by atoms with Gasteiger partial charge in [0.15, 0.2) is 11.5 Å². The maximum absolute atomic E-state index is 12.5. The van der Waals surface area contributed by atoms with E-state index < -0.39 is 11.0 Å². The topological polar surface area (TPSA) is 74.5 Å². The van der Waals surface area contributed by atoms with Gasteiger partial charge in [-0.1, -0.05) is 30.3 Å². The third kappa shape index (κ3) is 3.27. The number of phenolic OH excluding ortho intramolecular Hbond substituents is 1. The van der Waals surface area contributed by atoms with Crippen LogP contribution in [0.5, 0.6) is 11.5 Å². The number of aliphatic imine (C=N–C) groups is 1. The summed E-state index contributed by atoms with van der Waals surface area (Å²) in [6.45, 7) is 3.05. The van der Waals surface area contributed by atoms with Crippen molar-refractivity contribution in [3.05, 3.63) is 58.7 Å². The van der Waals surface area contributed by atoms with Crippen molar-refractivity contribution in [2.75, 3.05) is 13.1 Å². The van der Waals surface area contributed by atoms with Crippen molar-refractivity contribution in [3.8, 4) is 11.5 Å². The molecule has 2 unspecified atom stereocenters. The number of nitrogens with zero attached hydrogens (tertiary/aromatic N) is 2. The van der Waals surface area contributed by atoms with Gasteiger partial charge in [0.25, 0.3) is 0 Å². The Morgan fingerprint density at radius 3 is 2.69 bits per heavy atom. The summed E-state index contributed by atoms with van der Waals surface area (Å²) in [5, 5.41) is 25.7. The minimum Gasteiger partial charge on any atom is -0.504 e. The normalized spacial score (nSPS) is 34.0. The van der Waals surface area contributed by atoms with E-state index >= 15 is 0 Å². The van der Waals surface area contributed by atoms with Crippen LogP contribution < -0.4 is 4.74 Å². The van der Waals surface area contributed by atoms with Crippen LogP contribution in [-0.2, 0) is 29.7 Å². The van der Waals surface area contributed by atoms with Gasteiger partial charge in [0.2, 0.25) is 0 Å². The number of ether oxygens (including phenoxy) is 2. The summed E-state index contributed by atoms with van der Waals surface area (Å²) in [6.07, 6.45) is 5.23. The predicted octanol–water partition coefficient (Wildman–Crippen LogP) is 4.14. The van der Waals surface area contributed by atoms with E-state index in [0.717, 1.165) is 55.0 Å². The minimum atomic E-state index is -0.874. The fourth-order valence-electron chi connectivity index (χ4n) is 7.67. The van der Waals surface area contributed by atoms with E-state index in [1.807, 2.05) is 12.1 Å². The fraction of sp³-hybridized carbons (Fsp3) is 0.552. The Hall–Kier alpha value is -2.28. The van der Waals surface area contributed by atoms with Crippen molar-refractivity contribution >= 4 is 17.4 Å². The Morgan fingerprint density at radius 1 is 1.11 bits per heavy atom. The molecule has 2 heterocycles. The highest BCUT2D eigenvalue weighted by atomic mass is 32.1. The number of piperidine rings is 1. The molecule has 1 spiro atoms. The molecule has 2 bridgehead atoms. The Labute approximate surface area is 216 Å². The van der Waals surface area contributed by atoms with Crippen molar-refractivity contribution < 1.29 is 19.7 Å². The molecule has 2 aromatic rings. The maximum atomic E-state index is 12.5. The van der Waals surface area contributed by atoms with Gasteiger partial charge in [-0.3, -0.25) is 4.90 Å². The second kappa shape index (κ2) is 8.37. The third-order valence-corrected chi connectivity index (χ3v) is 9.65. The first kappa shape index (κ1) is 22.9. The molecule has 7 heteroatoms. The predicted molar refractivity (Wildman–Crippen MR) is 139 cm³/mol. The summed E-state index contributed by atoms with van der Waals surface area (Å²) < 4.78 is 13.1. The molecule has 3 fully saturated rings. The van der Waals surface area contributed by atoms with E-state index in [-0.39, 0.29) is 24.0 Å². The van der Waals surface area contributed by atoms with Crippen LogP contribution in [0.15, 0.2) is 41.4 Å². The number of aliphatic hydroxyl groups is 1. The summed E-state index contributed by atoms with van der Waals surface area (Å²) in [4.78, 5) is 6.56. The Kier molecular flexibility index (Phi) is 5.32. The van der Waals surface area contributed by atoms with E-state index in [2.05, 4.69) is 45.5 Å². The zero-order valence-electron chi connectivity index (χ0n) is 20.4. The molecule has 7 rings (SSSR count). The lowest BCUT2D eigenvalue weighted by Gasteiger charge is -2.64. The van der Waals surface area contributed by atoms with E-state index in [1.165, 1.54) is 18.4 Å². The zero-order chi connectivity index (χ0) is 24.5. The summed E-state index contributed by atoms with van der Waals surface area (Å²) in [6, 6.07) is 12.1. The maximum Gasteiger partial charge on any atom is 0.165 e. The average Bonchev–Trinajstić information content (AvgIpc) is 3.63. The standard InChI is InChI=1S/C29H32N2O4S/c32-22-8-7-21-13-24-29(33)10-9-23(34-16-20-5-1-18(2-6-20)14-30-17-36)27-28(29,25(21)26(22)35-27)11-12-31(24)15-19-3-4-19/h1-2,5-8,19,23-24,27,32-33H,3-4,9-16H2/t23-,24?,27+,28?,29-/m1/s1. The molecular weight excluding hydrogens is 472 g/mol. The lowest BCUT2D eigenvalue weighted by Crippen LogP contribution is -2.77. The van der Waals surface area contributed by atoms with Gasteiger partial charge in [0, 0.05) is 18.2 Å². The van der Waals surface area contributed by atoms with Crippen LogP contribution in [-0.4, -0.2) is 57.2 Å². The van der Waals surface area contributed by atoms with Crippen LogP contribution >= 0.6 is 12.2 Å². The Balaban J connectivity index is 1.19. The lowest BCUT2D eigenvalue weighted by molar-refractivity contribution is -0.217. The summed E-state index contributed by atoms with van der Waals surface area (Å²) in [5.74, 6) is 1.53. The number of isothiocyanates is 1. The van der Waals surface area contributed by atoms with Gasteiger partial charge in [0.1, 0.15) is 6.10 Å². The van der Waals surface area contributed by atoms with Crippen LogP contribution in [0.3, 0.4) is 0 Å². The second-order valence-electron chi connectivity index (χ2n) is 11.4. The van der Waals surface area contributed by atoms with Crippen LogP contribution in [0.1, 0.15) is 54.4 Å². The van der Waals surface area contributed by atoms with E-state index in [1.54, 1.807) is 6.07 Å². The van der Waals surface area contributed by atoms with Gasteiger partial charge >= 0.3 is 0 Å². The molecule has 0 aromatic heterocycles. The van der Waals surface area contributed by atoms with Gasteiger partial charge in [-0.15, -0.1) is 0 Å². The smallest absolute Gasteiger partial charge is 0.165 e. The number of likely N-dealkylation sites (tertiary alicyclic amines) is 1. The number of hydrogen-bond donors (Lipinski definition) is 2. The first-order chi connectivity index (χ1) is 17.5. The van der Waals surface area contributed by atoms with Crippen LogP contribution in [0.25, 0.3) is 0 Å². The first-order valence-corrected chi connectivity index (χ1v) is 13.7. The molecule has 2 saturated carbocycles. The SMILES string of the molecule is Oc1ccc2c3c1O[C@H]1[C@H](OCc4ccc(CN=C=S)cc4)CC[C@@]4(O)C(C2)N(CC2CC2)CCC314. The number of rotatable bonds is 7. The number of phenols is 1. The molecule has 5 atom stereocenters. The van der Waals surface area contributed by atoms with Gasteiger partial charge in [-0.2, -0.15) is 0 Å². The van der Waals surface area contributed by atoms with Gasteiger partial charge in [0.05, 0.1) is 35.4 Å². The molecule has 1 saturated heterocycles. The number of benzene rings is 2. The quantitative estimate of drug-likeness (QED) is 0.436. The molecule has 5 aliphatic rings. The Bertz CT molecular complexity index is 1240. The monoisotopic (exact) mass is 504 g/mol. The van der Waals surface area contributed by atoms with Crippen LogP contribution in [0.4, 0.5) is 0 Å². The highest BCUT2D eigenvalue weighted by Crippen LogP contribution is 2.65. The molecule has 3 aliphatic carbocycles. The minimum absolute atomic E-state index is 0.0875. The van der Waals surface area contributed by atoms with E-state index in [9.17, 15) is 10.2 Å². The molecule has 36 heavy (non-hydrogen) atoms. The van der Waals surface area contributed by atoms with Crippen molar-refractivity contribution in [3.63, 3.8) is 0 Å². The molecule has 188 valence electrons. The lowest BCUT2D eigenvalue weighted by atomic mass is 9.48. The molecule has 0 amide bonds. The molecular formula is C29H32N2O4S. The zero-order valence-corrected chi connectivity index (χ0v) is 21.2. The first-order valence-electron chi connectivity index (χ1n) is 13.2. The molecule has 2 aliphatic heterocycles. The van der Waals surface area contributed by atoms with Crippen molar-refractivity contribution in [2.45, 2.75) is 80.9 Å². The molecule has 2 aromatic carbocycles. The average molecular weight is 505 g/mol. The molecule has 0 radical (unpaired) electrons. The largest absolute Gasteiger partial charge is 0.504 e. The van der Waals surface area contributed by atoms with E-state index in [0.29, 0.717) is 25.3 Å². The highest BCUT2D eigenvalue weighted by Gasteiger charge is 2.73. The number of thiocarbonyl (C=S) groups is 1. The van der Waals surface area contributed by atoms with Crippen LogP contribution in [0, 0.1) is 5.92 Å². The summed E-state index contributed by atoms with van der Waals surface area (Å²) in [5.41, 5.74) is 3.03. The van der Waals surface area contributed by atoms with E-state index in [4.69, 9.17) is 9.47 Å². The number of hydrogen-bond acceptors (Lipinski definition) is 7. The van der Waals surface area contributed by atoms with Crippen molar-refractivity contribution in [1.29, 1.82) is 0 Å². The summed E-state index contributed by atoms with van der Waals surface area (Å²) >= 11 is 4.66. The van der Waals surface area contributed by atoms with Crippen molar-refractivity contribution in [1.82, 2.24) is 4.90 Å². The van der Waals surface area contributed by atoms with Gasteiger partial charge < -0.3 is 19.7 Å². The number of aromatic hydroxyl groups is 1. The fourth-order valence-corrected chi connectivity index (χ4v) is 7.74.